The molecule has 0 unspecified atom stereocenters. The summed E-state index contributed by atoms with van der Waals surface area (Å²) in [7, 11) is -3.85. The molecule has 1 aromatic rings. The summed E-state index contributed by atoms with van der Waals surface area (Å²) in [6, 6.07) is 5.13. The number of rotatable bonds is 4. The molecule has 0 aliphatic carbocycles. The van der Waals surface area contributed by atoms with Crippen molar-refractivity contribution in [2.75, 3.05) is 0 Å². The molecular formula is C14H16ClNO3S. The minimum Gasteiger partial charge on any atom is -0.341 e. The van der Waals surface area contributed by atoms with Gasteiger partial charge in [-0.2, -0.15) is 0 Å². The molecule has 0 spiro atoms. The van der Waals surface area contributed by atoms with Gasteiger partial charge in [0.15, 0.2) is 9.84 Å². The van der Waals surface area contributed by atoms with E-state index in [1.807, 2.05) is 0 Å². The third kappa shape index (κ3) is 3.14. The van der Waals surface area contributed by atoms with Crippen LogP contribution in [-0.2, 0) is 14.6 Å². The smallest absolute Gasteiger partial charge is 0.242 e. The van der Waals surface area contributed by atoms with Gasteiger partial charge in [-0.3, -0.25) is 4.79 Å². The van der Waals surface area contributed by atoms with Crippen molar-refractivity contribution in [3.05, 3.63) is 29.3 Å². The first kappa shape index (κ1) is 16.5. The highest BCUT2D eigenvalue weighted by molar-refractivity contribution is 7.93. The Hall–Kier alpha value is -1.51. The van der Waals surface area contributed by atoms with Gasteiger partial charge < -0.3 is 5.32 Å². The Morgan fingerprint density at radius 2 is 1.85 bits per heavy atom. The van der Waals surface area contributed by atoms with Crippen LogP contribution < -0.4 is 5.32 Å². The van der Waals surface area contributed by atoms with Crippen molar-refractivity contribution < 1.29 is 13.2 Å². The van der Waals surface area contributed by atoms with E-state index in [1.54, 1.807) is 6.92 Å². The average molecular weight is 314 g/mol. The van der Waals surface area contributed by atoms with Crippen LogP contribution in [0.5, 0.6) is 0 Å². The molecule has 0 heterocycles. The molecule has 6 heteroatoms. The van der Waals surface area contributed by atoms with Crippen molar-refractivity contribution in [3.63, 3.8) is 0 Å². The highest BCUT2D eigenvalue weighted by atomic mass is 35.5. The van der Waals surface area contributed by atoms with Crippen LogP contribution in [0.3, 0.4) is 0 Å². The molecule has 20 heavy (non-hydrogen) atoms. The maximum atomic E-state index is 12.5. The molecule has 0 radical (unpaired) electrons. The van der Waals surface area contributed by atoms with Crippen LogP contribution in [0.1, 0.15) is 20.8 Å². The first-order chi connectivity index (χ1) is 9.12. The first-order valence-corrected chi connectivity index (χ1v) is 7.76. The van der Waals surface area contributed by atoms with Crippen LogP contribution in [0.4, 0.5) is 0 Å². The van der Waals surface area contributed by atoms with Crippen LogP contribution in [0.15, 0.2) is 29.2 Å². The molecule has 0 aliphatic rings. The number of halogens is 1. The van der Waals surface area contributed by atoms with E-state index in [0.29, 0.717) is 5.02 Å². The number of carbonyl (C=O) groups excluding carboxylic acids is 1. The number of amides is 1. The van der Waals surface area contributed by atoms with E-state index in [4.69, 9.17) is 18.0 Å². The van der Waals surface area contributed by atoms with Gasteiger partial charge in [0.2, 0.25) is 5.91 Å². The van der Waals surface area contributed by atoms with E-state index in [1.165, 1.54) is 38.1 Å². The Labute approximate surface area is 124 Å². The Kier molecular flexibility index (Phi) is 4.85. The van der Waals surface area contributed by atoms with Crippen LogP contribution in [-0.4, -0.2) is 25.1 Å². The zero-order chi connectivity index (χ0) is 15.6. The largest absolute Gasteiger partial charge is 0.341 e. The van der Waals surface area contributed by atoms with Gasteiger partial charge >= 0.3 is 0 Å². The summed E-state index contributed by atoms with van der Waals surface area (Å²) in [5, 5.41) is 2.90. The van der Waals surface area contributed by atoms with Gasteiger partial charge in [-0.25, -0.2) is 8.42 Å². The predicted molar refractivity (Wildman–Crippen MR) is 79.2 cm³/mol. The second-order valence-corrected chi connectivity index (χ2v) is 7.76. The highest BCUT2D eigenvalue weighted by Crippen LogP contribution is 2.26. The third-order valence-electron chi connectivity index (χ3n) is 2.94. The van der Waals surface area contributed by atoms with E-state index in [9.17, 15) is 13.2 Å². The zero-order valence-electron chi connectivity index (χ0n) is 11.5. The van der Waals surface area contributed by atoms with Gasteiger partial charge in [-0.15, -0.1) is 6.42 Å². The summed E-state index contributed by atoms with van der Waals surface area (Å²) < 4.78 is 23.4. The van der Waals surface area contributed by atoms with Crippen molar-refractivity contribution in [1.29, 1.82) is 0 Å². The highest BCUT2D eigenvalue weighted by Gasteiger charge is 2.43. The summed E-state index contributed by atoms with van der Waals surface area (Å²) in [6.45, 7) is 4.29. The summed E-state index contributed by atoms with van der Waals surface area (Å²) in [5.74, 6) is 1.68. The third-order valence-corrected chi connectivity index (χ3v) is 5.61. The summed E-state index contributed by atoms with van der Waals surface area (Å²) in [4.78, 5) is 12.1. The van der Waals surface area contributed by atoms with Crippen molar-refractivity contribution in [3.8, 4) is 12.3 Å². The quantitative estimate of drug-likeness (QED) is 0.865. The van der Waals surface area contributed by atoms with Crippen molar-refractivity contribution in [1.82, 2.24) is 5.32 Å². The fraction of sp³-hybridized carbons (Fsp3) is 0.357. The van der Waals surface area contributed by atoms with E-state index in [2.05, 4.69) is 11.2 Å². The van der Waals surface area contributed by atoms with E-state index in [-0.39, 0.29) is 4.90 Å². The topological polar surface area (TPSA) is 63.2 Å². The molecule has 1 N–H and O–H groups in total. The van der Waals surface area contributed by atoms with Crippen LogP contribution >= 0.6 is 11.6 Å². The lowest BCUT2D eigenvalue weighted by atomic mass is 10.2. The van der Waals surface area contributed by atoms with Gasteiger partial charge in [0.25, 0.3) is 0 Å². The Morgan fingerprint density at radius 1 is 1.35 bits per heavy atom. The molecule has 0 saturated carbocycles. The lowest BCUT2D eigenvalue weighted by Crippen LogP contribution is -2.50. The standard InChI is InChI=1S/C14H16ClNO3S/c1-5-10(2)16-13(17)14(3,4)20(18,19)12-8-6-11(15)7-9-12/h1,6-10H,2-4H3,(H,16,17)/t10-/m0/s1. The average Bonchev–Trinajstić information content (AvgIpc) is 2.38. The number of carbonyl (C=O) groups is 1. The molecule has 0 aromatic heterocycles. The second kappa shape index (κ2) is 5.86. The second-order valence-electron chi connectivity index (χ2n) is 4.83. The number of nitrogens with one attached hydrogen (secondary N) is 1. The molecular weight excluding hydrogens is 298 g/mol. The van der Waals surface area contributed by atoms with Crippen molar-refractivity contribution >= 4 is 27.3 Å². The minimum atomic E-state index is -3.85. The van der Waals surface area contributed by atoms with Gasteiger partial charge in [0.1, 0.15) is 4.75 Å². The maximum absolute atomic E-state index is 12.5. The van der Waals surface area contributed by atoms with Crippen LogP contribution in [0, 0.1) is 12.3 Å². The van der Waals surface area contributed by atoms with E-state index in [0.717, 1.165) is 0 Å². The molecule has 1 atom stereocenters. The Balaban J connectivity index is 3.16. The molecule has 0 fully saturated rings. The maximum Gasteiger partial charge on any atom is 0.242 e. The fourth-order valence-corrected chi connectivity index (χ4v) is 2.96. The number of benzene rings is 1. The van der Waals surface area contributed by atoms with Crippen LogP contribution in [0.25, 0.3) is 0 Å². The number of hydrogen-bond donors (Lipinski definition) is 1. The predicted octanol–water partition coefficient (Wildman–Crippen LogP) is 2.03. The SMILES string of the molecule is C#C[C@H](C)NC(=O)C(C)(C)S(=O)(=O)c1ccc(Cl)cc1. The van der Waals surface area contributed by atoms with Gasteiger partial charge in [0.05, 0.1) is 10.9 Å². The molecule has 1 amide bonds. The monoisotopic (exact) mass is 313 g/mol. The van der Waals surface area contributed by atoms with E-state index >= 15 is 0 Å². The summed E-state index contributed by atoms with van der Waals surface area (Å²) >= 11 is 5.73. The van der Waals surface area contributed by atoms with Gasteiger partial charge in [0, 0.05) is 5.02 Å². The Morgan fingerprint density at radius 3 is 2.30 bits per heavy atom. The number of hydrogen-bond acceptors (Lipinski definition) is 3. The lowest BCUT2D eigenvalue weighted by Gasteiger charge is -2.24. The summed E-state index contributed by atoms with van der Waals surface area (Å²) in [6.07, 6.45) is 5.17. The number of terminal acetylenes is 1. The molecule has 108 valence electrons. The van der Waals surface area contributed by atoms with Crippen LogP contribution in [0.2, 0.25) is 5.02 Å². The molecule has 0 saturated heterocycles. The number of sulfone groups is 1. The van der Waals surface area contributed by atoms with E-state index < -0.39 is 26.5 Å². The van der Waals surface area contributed by atoms with Gasteiger partial charge in [-0.05, 0) is 45.0 Å². The summed E-state index contributed by atoms with van der Waals surface area (Å²) in [5.41, 5.74) is 0. The molecule has 0 bridgehead atoms. The lowest BCUT2D eigenvalue weighted by molar-refractivity contribution is -0.123. The normalized spacial score (nSPS) is 13.3. The Bertz CT molecular complexity index is 642. The first-order valence-electron chi connectivity index (χ1n) is 5.90. The molecule has 1 aromatic carbocycles. The molecule has 4 nitrogen and oxygen atoms in total. The minimum absolute atomic E-state index is 0.0374. The molecule has 0 aliphatic heterocycles. The van der Waals surface area contributed by atoms with Crippen molar-refractivity contribution in [2.24, 2.45) is 0 Å². The van der Waals surface area contributed by atoms with Gasteiger partial charge in [-0.1, -0.05) is 17.5 Å². The van der Waals surface area contributed by atoms with Crippen molar-refractivity contribution in [2.45, 2.75) is 36.5 Å². The molecule has 1 rings (SSSR count). The fourth-order valence-electron chi connectivity index (χ4n) is 1.44. The zero-order valence-corrected chi connectivity index (χ0v) is 13.0.